The van der Waals surface area contributed by atoms with Gasteiger partial charge in [0.25, 0.3) is 0 Å². The maximum absolute atomic E-state index is 2.88. The number of unbranched alkanes of at least 4 members (excludes halogenated alkanes) is 37. The van der Waals surface area contributed by atoms with Gasteiger partial charge in [-0.1, -0.05) is 285 Å². The average Bonchev–Trinajstić information content (AvgIpc) is 3.14. The summed E-state index contributed by atoms with van der Waals surface area (Å²) in [5, 5.41) is 0. The van der Waals surface area contributed by atoms with E-state index in [1.165, 1.54) is 289 Å². The van der Waals surface area contributed by atoms with Crippen LogP contribution in [0.25, 0.3) is 0 Å². The second-order valence-corrected chi connectivity index (χ2v) is 19.0. The molecule has 0 amide bonds. The van der Waals surface area contributed by atoms with Gasteiger partial charge in [0.15, 0.2) is 0 Å². The van der Waals surface area contributed by atoms with E-state index in [4.69, 9.17) is 0 Å². The lowest BCUT2D eigenvalue weighted by Crippen LogP contribution is -2.27. The number of rotatable bonds is 47. The predicted molar refractivity (Wildman–Crippen MR) is 246 cm³/mol. The fourth-order valence-corrected chi connectivity index (χ4v) is 8.53. The van der Waals surface area contributed by atoms with Crippen LogP contribution >= 0.6 is 0 Å². The van der Waals surface area contributed by atoms with Crippen molar-refractivity contribution in [2.24, 2.45) is 11.8 Å². The third-order valence-corrected chi connectivity index (χ3v) is 12.3. The molecule has 0 unspecified atom stereocenters. The zero-order valence-corrected chi connectivity index (χ0v) is 38.4. The molecule has 0 spiro atoms. The van der Waals surface area contributed by atoms with Gasteiger partial charge >= 0.3 is 0 Å². The van der Waals surface area contributed by atoms with Crippen molar-refractivity contribution in [3.05, 3.63) is 0 Å². The lowest BCUT2D eigenvalue weighted by molar-refractivity contribution is 0.254. The Bertz CT molecular complexity index is 589. The molecule has 0 rings (SSSR count). The first-order valence-electron chi connectivity index (χ1n) is 25.8. The molecular formula is C52H107N. The van der Waals surface area contributed by atoms with Gasteiger partial charge in [-0.05, 0) is 50.7 Å². The van der Waals surface area contributed by atoms with Gasteiger partial charge in [0.1, 0.15) is 0 Å². The Morgan fingerprint density at radius 1 is 0.226 bits per heavy atom. The van der Waals surface area contributed by atoms with Crippen molar-refractivity contribution in [2.75, 3.05) is 19.6 Å². The molecule has 0 fully saturated rings. The van der Waals surface area contributed by atoms with E-state index >= 15 is 0 Å². The highest BCUT2D eigenvalue weighted by Gasteiger charge is 2.06. The summed E-state index contributed by atoms with van der Waals surface area (Å²) in [7, 11) is 0. The molecule has 0 aliphatic rings. The molecule has 1 nitrogen and oxygen atoms in total. The van der Waals surface area contributed by atoms with E-state index < -0.39 is 0 Å². The second-order valence-electron chi connectivity index (χ2n) is 19.0. The van der Waals surface area contributed by atoms with Crippen LogP contribution in [-0.4, -0.2) is 24.5 Å². The first-order valence-corrected chi connectivity index (χ1v) is 25.8. The zero-order valence-electron chi connectivity index (χ0n) is 38.4. The Balaban J connectivity index is 3.95. The molecule has 1 heteroatoms. The maximum Gasteiger partial charge on any atom is -0.00187 e. The van der Waals surface area contributed by atoms with Crippen LogP contribution in [0.15, 0.2) is 0 Å². The second kappa shape index (κ2) is 46.3. The van der Waals surface area contributed by atoms with Crippen LogP contribution in [0, 0.1) is 11.8 Å². The molecule has 0 radical (unpaired) electrons. The number of hydrogen-bond acceptors (Lipinski definition) is 1. The van der Waals surface area contributed by atoms with Crippen molar-refractivity contribution in [3.8, 4) is 0 Å². The zero-order chi connectivity index (χ0) is 38.6. The van der Waals surface area contributed by atoms with Crippen LogP contribution in [0.4, 0.5) is 0 Å². The maximum atomic E-state index is 2.88. The Hall–Kier alpha value is -0.0400. The minimum absolute atomic E-state index is 0.889. The topological polar surface area (TPSA) is 3.24 Å². The van der Waals surface area contributed by atoms with E-state index in [9.17, 15) is 0 Å². The standard InChI is InChI=1S/C52H107N/c1-6-7-8-9-10-11-12-13-14-15-18-23-28-33-38-43-48-53(49-44-39-34-29-24-19-16-21-26-31-36-41-46-51(2)3)50-45-40-35-30-25-20-17-22-27-32-37-42-47-52(4)5/h51-52H,6-50H2,1-5H3. The molecule has 0 heterocycles. The average molecular weight is 746 g/mol. The summed E-state index contributed by atoms with van der Waals surface area (Å²) < 4.78 is 0. The van der Waals surface area contributed by atoms with Gasteiger partial charge in [-0.15, -0.1) is 0 Å². The van der Waals surface area contributed by atoms with E-state index in [2.05, 4.69) is 39.5 Å². The predicted octanol–water partition coefficient (Wildman–Crippen LogP) is 19.0. The van der Waals surface area contributed by atoms with Crippen molar-refractivity contribution in [3.63, 3.8) is 0 Å². The van der Waals surface area contributed by atoms with Gasteiger partial charge < -0.3 is 4.90 Å². The summed E-state index contributed by atoms with van der Waals surface area (Å²) in [5.41, 5.74) is 0. The molecule has 0 aromatic heterocycles. The first-order chi connectivity index (χ1) is 26.1. The molecule has 0 atom stereocenters. The molecule has 0 aliphatic heterocycles. The van der Waals surface area contributed by atoms with Crippen LogP contribution in [0.2, 0.25) is 0 Å². The van der Waals surface area contributed by atoms with Crippen LogP contribution in [0.1, 0.15) is 304 Å². The lowest BCUT2D eigenvalue weighted by atomic mass is 10.0. The summed E-state index contributed by atoms with van der Waals surface area (Å²) in [6.45, 7) is 15.9. The minimum atomic E-state index is 0.889. The van der Waals surface area contributed by atoms with E-state index in [1.807, 2.05) is 0 Å². The van der Waals surface area contributed by atoms with E-state index in [-0.39, 0.29) is 0 Å². The Morgan fingerprint density at radius 2 is 0.396 bits per heavy atom. The van der Waals surface area contributed by atoms with E-state index in [0.29, 0.717) is 0 Å². The smallest absolute Gasteiger partial charge is 0.00187 e. The van der Waals surface area contributed by atoms with Gasteiger partial charge in [0.05, 0.1) is 0 Å². The third kappa shape index (κ3) is 48.0. The highest BCUT2D eigenvalue weighted by Crippen LogP contribution is 2.18. The normalized spacial score (nSPS) is 12.0. The van der Waals surface area contributed by atoms with Gasteiger partial charge in [0, 0.05) is 0 Å². The monoisotopic (exact) mass is 746 g/mol. The van der Waals surface area contributed by atoms with Crippen molar-refractivity contribution in [1.82, 2.24) is 4.90 Å². The van der Waals surface area contributed by atoms with Crippen LogP contribution in [0.5, 0.6) is 0 Å². The van der Waals surface area contributed by atoms with Gasteiger partial charge in [-0.3, -0.25) is 0 Å². The highest BCUT2D eigenvalue weighted by molar-refractivity contribution is 4.61. The van der Waals surface area contributed by atoms with Crippen LogP contribution < -0.4 is 0 Å². The molecule has 0 aromatic carbocycles. The molecule has 0 aromatic rings. The van der Waals surface area contributed by atoms with Gasteiger partial charge in [-0.25, -0.2) is 0 Å². The quantitative estimate of drug-likeness (QED) is 0.0561. The summed E-state index contributed by atoms with van der Waals surface area (Å²) >= 11 is 0. The Kier molecular flexibility index (Phi) is 46.3. The van der Waals surface area contributed by atoms with Gasteiger partial charge in [0.2, 0.25) is 0 Å². The van der Waals surface area contributed by atoms with Gasteiger partial charge in [-0.2, -0.15) is 0 Å². The Labute approximate surface area is 339 Å². The third-order valence-electron chi connectivity index (χ3n) is 12.3. The molecule has 0 aliphatic carbocycles. The molecule has 53 heavy (non-hydrogen) atoms. The molecule has 0 bridgehead atoms. The van der Waals surface area contributed by atoms with Crippen LogP contribution in [0.3, 0.4) is 0 Å². The molecular weight excluding hydrogens is 639 g/mol. The number of hydrogen-bond donors (Lipinski definition) is 0. The molecule has 0 saturated heterocycles. The summed E-state index contributed by atoms with van der Waals surface area (Å²) in [4.78, 5) is 2.88. The molecule has 0 saturated carbocycles. The first kappa shape index (κ1) is 53.0. The fourth-order valence-electron chi connectivity index (χ4n) is 8.53. The SMILES string of the molecule is CCCCCCCCCCCCCCCCCCN(CCCCCCCCCCCCCCC(C)C)CCCCCCCCCCCCCCC(C)C. The molecule has 0 N–H and O–H groups in total. The highest BCUT2D eigenvalue weighted by atomic mass is 15.1. The van der Waals surface area contributed by atoms with Crippen molar-refractivity contribution in [1.29, 1.82) is 0 Å². The summed E-state index contributed by atoms with van der Waals surface area (Å²) in [6, 6.07) is 0. The largest absolute Gasteiger partial charge is 0.303 e. The summed E-state index contributed by atoms with van der Waals surface area (Å²) in [6.07, 6.45) is 61.6. The van der Waals surface area contributed by atoms with Crippen LogP contribution in [-0.2, 0) is 0 Å². The van der Waals surface area contributed by atoms with Crippen molar-refractivity contribution in [2.45, 2.75) is 304 Å². The molecule has 320 valence electrons. The van der Waals surface area contributed by atoms with E-state index in [0.717, 1.165) is 11.8 Å². The van der Waals surface area contributed by atoms with Crippen molar-refractivity contribution >= 4 is 0 Å². The minimum Gasteiger partial charge on any atom is -0.303 e. The summed E-state index contributed by atoms with van der Waals surface area (Å²) in [5.74, 6) is 1.78. The van der Waals surface area contributed by atoms with Crippen molar-refractivity contribution < 1.29 is 0 Å². The number of nitrogens with zero attached hydrogens (tertiary/aromatic N) is 1. The fraction of sp³-hybridized carbons (Fsp3) is 1.00. The Morgan fingerprint density at radius 3 is 0.585 bits per heavy atom. The van der Waals surface area contributed by atoms with E-state index in [1.54, 1.807) is 0 Å². The lowest BCUT2D eigenvalue weighted by Gasteiger charge is -2.22.